The first-order valence-electron chi connectivity index (χ1n) is 7.08. The van der Waals surface area contributed by atoms with Gasteiger partial charge in [-0.15, -0.1) is 0 Å². The van der Waals surface area contributed by atoms with Gasteiger partial charge in [-0.05, 0) is 25.5 Å². The first-order chi connectivity index (χ1) is 10.2. The number of benzene rings is 1. The second kappa shape index (κ2) is 7.42. The number of hydrogen-bond donors (Lipinski definition) is 2. The highest BCUT2D eigenvalue weighted by Gasteiger charge is 2.11. The number of amides is 1. The van der Waals surface area contributed by atoms with Gasteiger partial charge in [-0.3, -0.25) is 4.79 Å². The molecule has 0 spiro atoms. The largest absolute Gasteiger partial charge is 0.384 e. The molecule has 21 heavy (non-hydrogen) atoms. The van der Waals surface area contributed by atoms with Crippen LogP contribution >= 0.6 is 0 Å². The topological polar surface area (TPSA) is 80.0 Å². The molecular formula is C15H20N4O2. The van der Waals surface area contributed by atoms with Crippen molar-refractivity contribution in [2.24, 2.45) is 0 Å². The number of aromatic nitrogens is 2. The highest BCUT2D eigenvalue weighted by atomic mass is 16.5. The van der Waals surface area contributed by atoms with Gasteiger partial charge in [0.25, 0.3) is 5.91 Å². The Kier molecular flexibility index (Phi) is 5.31. The minimum atomic E-state index is -0.0965. The fraction of sp³-hybridized carbons (Fsp3) is 0.400. The molecule has 6 heteroatoms. The fourth-order valence-electron chi connectivity index (χ4n) is 1.95. The summed E-state index contributed by atoms with van der Waals surface area (Å²) in [4.78, 5) is 16.2. The number of anilines is 1. The summed E-state index contributed by atoms with van der Waals surface area (Å²) in [6.45, 7) is 5.37. The molecule has 0 atom stereocenters. The van der Waals surface area contributed by atoms with Gasteiger partial charge in [0.1, 0.15) is 0 Å². The van der Waals surface area contributed by atoms with E-state index < -0.39 is 0 Å². The van der Waals surface area contributed by atoms with Crippen LogP contribution in [0.4, 0.5) is 5.69 Å². The van der Waals surface area contributed by atoms with Crippen molar-refractivity contribution in [1.29, 1.82) is 0 Å². The maximum atomic E-state index is 12.3. The second-order valence-corrected chi connectivity index (χ2v) is 4.83. The first-order valence-corrected chi connectivity index (χ1v) is 7.08. The predicted octanol–water partition coefficient (Wildman–Crippen LogP) is 2.17. The lowest BCUT2D eigenvalue weighted by Gasteiger charge is -2.12. The van der Waals surface area contributed by atoms with E-state index in [-0.39, 0.29) is 5.91 Å². The third kappa shape index (κ3) is 4.30. The zero-order chi connectivity index (χ0) is 15.1. The van der Waals surface area contributed by atoms with Crippen LogP contribution in [-0.4, -0.2) is 29.1 Å². The maximum absolute atomic E-state index is 12.3. The van der Waals surface area contributed by atoms with Crippen molar-refractivity contribution in [3.05, 3.63) is 41.5 Å². The minimum absolute atomic E-state index is 0.0965. The molecule has 2 rings (SSSR count). The molecule has 2 N–H and O–H groups in total. The molecule has 0 aliphatic rings. The molecule has 1 amide bonds. The number of aryl methyl sites for hydroxylation is 1. The third-order valence-electron chi connectivity index (χ3n) is 3.03. The summed E-state index contributed by atoms with van der Waals surface area (Å²) in [6.07, 6.45) is 2.84. The van der Waals surface area contributed by atoms with Crippen LogP contribution in [-0.2, 0) is 6.42 Å². The quantitative estimate of drug-likeness (QED) is 0.816. The summed E-state index contributed by atoms with van der Waals surface area (Å²) >= 11 is 0. The van der Waals surface area contributed by atoms with Gasteiger partial charge in [0.05, 0.1) is 5.56 Å². The van der Waals surface area contributed by atoms with Crippen molar-refractivity contribution in [2.75, 3.05) is 18.4 Å². The van der Waals surface area contributed by atoms with Gasteiger partial charge in [0.15, 0.2) is 5.82 Å². The van der Waals surface area contributed by atoms with E-state index in [0.717, 1.165) is 24.2 Å². The molecule has 0 saturated heterocycles. The molecule has 1 aromatic carbocycles. The molecule has 0 fully saturated rings. The lowest BCUT2D eigenvalue weighted by atomic mass is 10.1. The Hall–Kier alpha value is -2.37. The molecule has 2 aromatic rings. The zero-order valence-corrected chi connectivity index (χ0v) is 12.3. The monoisotopic (exact) mass is 288 g/mol. The van der Waals surface area contributed by atoms with Gasteiger partial charge in [-0.25, -0.2) is 0 Å². The molecule has 0 bridgehead atoms. The Morgan fingerprint density at radius 2 is 2.19 bits per heavy atom. The average molecular weight is 288 g/mol. The van der Waals surface area contributed by atoms with E-state index in [1.165, 1.54) is 6.39 Å². The molecule has 1 heterocycles. The lowest BCUT2D eigenvalue weighted by molar-refractivity contribution is 0.0954. The molecule has 0 aliphatic carbocycles. The van der Waals surface area contributed by atoms with Crippen LogP contribution in [0.2, 0.25) is 0 Å². The van der Waals surface area contributed by atoms with Crippen LogP contribution in [0, 0.1) is 6.92 Å². The normalized spacial score (nSPS) is 10.4. The van der Waals surface area contributed by atoms with Crippen molar-refractivity contribution in [1.82, 2.24) is 15.5 Å². The fourth-order valence-corrected chi connectivity index (χ4v) is 1.95. The maximum Gasteiger partial charge on any atom is 0.253 e. The summed E-state index contributed by atoms with van der Waals surface area (Å²) in [6, 6.07) is 5.83. The summed E-state index contributed by atoms with van der Waals surface area (Å²) < 4.78 is 4.65. The average Bonchev–Trinajstić information content (AvgIpc) is 2.99. The van der Waals surface area contributed by atoms with Gasteiger partial charge >= 0.3 is 0 Å². The van der Waals surface area contributed by atoms with Crippen molar-refractivity contribution in [3.8, 4) is 0 Å². The minimum Gasteiger partial charge on any atom is -0.384 e. The number of carbonyl (C=O) groups excluding carboxylic acids is 1. The van der Waals surface area contributed by atoms with Crippen molar-refractivity contribution < 1.29 is 9.32 Å². The summed E-state index contributed by atoms with van der Waals surface area (Å²) in [5, 5.41) is 9.86. The zero-order valence-electron chi connectivity index (χ0n) is 12.3. The van der Waals surface area contributed by atoms with E-state index >= 15 is 0 Å². The number of nitrogens with one attached hydrogen (secondary N) is 2. The van der Waals surface area contributed by atoms with Crippen LogP contribution in [0.5, 0.6) is 0 Å². The summed E-state index contributed by atoms with van der Waals surface area (Å²) in [7, 11) is 0. The lowest BCUT2D eigenvalue weighted by Crippen LogP contribution is -2.27. The Labute approximate surface area is 123 Å². The standard InChI is InChI=1S/C15H20N4O2/c1-3-7-16-13-5-4-11(2)9-12(13)15(20)17-8-6-14-18-10-21-19-14/h4-5,9-10,16H,3,6-8H2,1-2H3,(H,17,20). The molecule has 0 saturated carbocycles. The molecule has 1 aromatic heterocycles. The van der Waals surface area contributed by atoms with E-state index in [0.29, 0.717) is 24.4 Å². The van der Waals surface area contributed by atoms with E-state index in [1.807, 2.05) is 25.1 Å². The van der Waals surface area contributed by atoms with Crippen LogP contribution < -0.4 is 10.6 Å². The number of carbonyl (C=O) groups is 1. The SMILES string of the molecule is CCCNc1ccc(C)cc1C(=O)NCCc1ncon1. The van der Waals surface area contributed by atoms with Gasteiger partial charge < -0.3 is 15.2 Å². The smallest absolute Gasteiger partial charge is 0.253 e. The highest BCUT2D eigenvalue weighted by molar-refractivity contribution is 5.99. The van der Waals surface area contributed by atoms with E-state index in [4.69, 9.17) is 0 Å². The molecule has 0 unspecified atom stereocenters. The summed E-state index contributed by atoms with van der Waals surface area (Å²) in [5.41, 5.74) is 2.58. The summed E-state index contributed by atoms with van der Waals surface area (Å²) in [5.74, 6) is 0.490. The molecule has 112 valence electrons. The molecular weight excluding hydrogens is 268 g/mol. The number of nitrogens with zero attached hydrogens (tertiary/aromatic N) is 2. The highest BCUT2D eigenvalue weighted by Crippen LogP contribution is 2.17. The van der Waals surface area contributed by atoms with Gasteiger partial charge in [-0.1, -0.05) is 23.7 Å². The predicted molar refractivity (Wildman–Crippen MR) is 80.3 cm³/mol. The Morgan fingerprint density at radius 3 is 2.90 bits per heavy atom. The van der Waals surface area contributed by atoms with Gasteiger partial charge in [0, 0.05) is 25.2 Å². The van der Waals surface area contributed by atoms with Crippen LogP contribution in [0.15, 0.2) is 29.1 Å². The van der Waals surface area contributed by atoms with Crippen LogP contribution in [0.1, 0.15) is 35.1 Å². The Balaban J connectivity index is 1.98. The number of rotatable bonds is 7. The van der Waals surface area contributed by atoms with Crippen molar-refractivity contribution >= 4 is 11.6 Å². The Morgan fingerprint density at radius 1 is 1.33 bits per heavy atom. The van der Waals surface area contributed by atoms with Gasteiger partial charge in [0.2, 0.25) is 6.39 Å². The van der Waals surface area contributed by atoms with E-state index in [1.54, 1.807) is 0 Å². The second-order valence-electron chi connectivity index (χ2n) is 4.83. The van der Waals surface area contributed by atoms with Gasteiger partial charge in [-0.2, -0.15) is 4.98 Å². The molecule has 0 radical (unpaired) electrons. The van der Waals surface area contributed by atoms with E-state index in [2.05, 4.69) is 32.2 Å². The molecule has 0 aliphatic heterocycles. The van der Waals surface area contributed by atoms with Crippen molar-refractivity contribution in [2.45, 2.75) is 26.7 Å². The first kappa shape index (κ1) is 15.0. The number of hydrogen-bond acceptors (Lipinski definition) is 5. The van der Waals surface area contributed by atoms with Crippen LogP contribution in [0.3, 0.4) is 0 Å². The van der Waals surface area contributed by atoms with Crippen LogP contribution in [0.25, 0.3) is 0 Å². The Bertz CT molecular complexity index is 581. The van der Waals surface area contributed by atoms with Crippen molar-refractivity contribution in [3.63, 3.8) is 0 Å². The molecule has 6 nitrogen and oxygen atoms in total. The van der Waals surface area contributed by atoms with E-state index in [9.17, 15) is 4.79 Å². The third-order valence-corrected chi connectivity index (χ3v) is 3.03.